The van der Waals surface area contributed by atoms with Gasteiger partial charge in [0.05, 0.1) is 18.9 Å². The number of hydrogen-bond donors (Lipinski definition) is 0. The number of ether oxygens (including phenoxy) is 1. The van der Waals surface area contributed by atoms with Crippen LogP contribution in [-0.4, -0.2) is 33.2 Å². The number of hydrogen-bond acceptors (Lipinski definition) is 4. The van der Waals surface area contributed by atoms with Gasteiger partial charge < -0.3 is 9.64 Å². The summed E-state index contributed by atoms with van der Waals surface area (Å²) >= 11 is 3.37. The summed E-state index contributed by atoms with van der Waals surface area (Å²) in [5, 5.41) is 1.17. The lowest BCUT2D eigenvalue weighted by molar-refractivity contribution is 0.0983. The predicted octanol–water partition coefficient (Wildman–Crippen LogP) is 3.42. The van der Waals surface area contributed by atoms with Crippen LogP contribution >= 0.6 is 15.9 Å². The fourth-order valence-electron chi connectivity index (χ4n) is 2.65. The maximum atomic E-state index is 13.1. The van der Waals surface area contributed by atoms with Crippen LogP contribution in [0, 0.1) is 0 Å². The van der Waals surface area contributed by atoms with Crippen molar-refractivity contribution in [3.8, 4) is 5.75 Å². The van der Waals surface area contributed by atoms with Crippen LogP contribution in [0.5, 0.6) is 5.75 Å². The molecule has 25 heavy (non-hydrogen) atoms. The molecule has 0 radical (unpaired) electrons. The van der Waals surface area contributed by atoms with Crippen molar-refractivity contribution in [1.82, 2.24) is 0 Å². The van der Waals surface area contributed by atoms with E-state index in [2.05, 4.69) is 15.9 Å². The number of methoxy groups -OCH3 is 1. The van der Waals surface area contributed by atoms with E-state index in [1.54, 1.807) is 49.6 Å². The quantitative estimate of drug-likeness (QED) is 0.758. The van der Waals surface area contributed by atoms with E-state index in [1.165, 1.54) is 10.3 Å². The highest BCUT2D eigenvalue weighted by molar-refractivity contribution is 9.10. The van der Waals surface area contributed by atoms with Crippen molar-refractivity contribution in [2.75, 3.05) is 17.8 Å². The number of benzene rings is 2. The lowest BCUT2D eigenvalue weighted by atomic mass is 10.1. The van der Waals surface area contributed by atoms with Crippen LogP contribution in [0.3, 0.4) is 0 Å². The Morgan fingerprint density at radius 3 is 2.28 bits per heavy atom. The normalized spacial score (nSPS) is 18.1. The van der Waals surface area contributed by atoms with Crippen molar-refractivity contribution in [3.05, 3.63) is 70.1 Å². The Bertz CT molecular complexity index is 905. The third kappa shape index (κ3) is 3.93. The first-order chi connectivity index (χ1) is 11.9. The minimum Gasteiger partial charge on any atom is -0.497 e. The molecule has 0 N–H and O–H groups in total. The van der Waals surface area contributed by atoms with E-state index in [0.29, 0.717) is 17.0 Å². The van der Waals surface area contributed by atoms with Crippen molar-refractivity contribution in [2.45, 2.75) is 6.04 Å². The zero-order chi connectivity index (χ0) is 18.0. The maximum Gasteiger partial charge on any atom is 0.258 e. The minimum absolute atomic E-state index is 0.120. The van der Waals surface area contributed by atoms with Crippen molar-refractivity contribution >= 4 is 37.4 Å². The van der Waals surface area contributed by atoms with Crippen LogP contribution in [0.15, 0.2) is 64.5 Å². The molecule has 1 atom stereocenters. The number of nitrogens with zero attached hydrogens (tertiary/aromatic N) is 1. The topological polar surface area (TPSA) is 63.7 Å². The van der Waals surface area contributed by atoms with Gasteiger partial charge in [-0.1, -0.05) is 15.9 Å². The molecular weight excluding hydrogens is 406 g/mol. The fraction of sp³-hybridized carbons (Fsp3) is 0.167. The first kappa shape index (κ1) is 17.7. The van der Waals surface area contributed by atoms with E-state index in [4.69, 9.17) is 4.74 Å². The first-order valence-corrected chi connectivity index (χ1v) is 10.0. The van der Waals surface area contributed by atoms with Crippen molar-refractivity contribution in [2.24, 2.45) is 0 Å². The molecule has 5 nitrogen and oxygen atoms in total. The molecule has 1 heterocycles. The lowest BCUT2D eigenvalue weighted by Gasteiger charge is -2.28. The van der Waals surface area contributed by atoms with E-state index < -0.39 is 15.9 Å². The zero-order valence-corrected chi connectivity index (χ0v) is 15.8. The van der Waals surface area contributed by atoms with Crippen molar-refractivity contribution in [1.29, 1.82) is 0 Å². The SMILES string of the molecule is COc1ccc(C(=O)N(c2ccc(Br)cc2)[C@H]2C=CS(=O)(=O)C2)cc1. The molecule has 0 saturated carbocycles. The third-order valence-corrected chi connectivity index (χ3v) is 5.81. The first-order valence-electron chi connectivity index (χ1n) is 7.54. The van der Waals surface area contributed by atoms with Gasteiger partial charge in [-0.05, 0) is 54.6 Å². The van der Waals surface area contributed by atoms with Crippen LogP contribution < -0.4 is 9.64 Å². The van der Waals surface area contributed by atoms with Gasteiger partial charge in [0.2, 0.25) is 0 Å². The van der Waals surface area contributed by atoms with E-state index >= 15 is 0 Å². The van der Waals surface area contributed by atoms with E-state index in [9.17, 15) is 13.2 Å². The monoisotopic (exact) mass is 421 g/mol. The molecule has 0 fully saturated rings. The Morgan fingerprint density at radius 2 is 1.76 bits per heavy atom. The summed E-state index contributed by atoms with van der Waals surface area (Å²) in [4.78, 5) is 14.6. The van der Waals surface area contributed by atoms with E-state index in [0.717, 1.165) is 4.47 Å². The average Bonchev–Trinajstić information content (AvgIpc) is 2.96. The van der Waals surface area contributed by atoms with Gasteiger partial charge in [0.1, 0.15) is 5.75 Å². The molecule has 130 valence electrons. The number of halogens is 1. The smallest absolute Gasteiger partial charge is 0.258 e. The molecule has 0 spiro atoms. The molecule has 1 aliphatic rings. The Labute approximate surface area is 155 Å². The van der Waals surface area contributed by atoms with E-state index in [-0.39, 0.29) is 11.7 Å². The Morgan fingerprint density at radius 1 is 1.12 bits per heavy atom. The number of rotatable bonds is 4. The average molecular weight is 422 g/mol. The molecule has 0 aromatic heterocycles. The number of anilines is 1. The summed E-state index contributed by atoms with van der Waals surface area (Å²) < 4.78 is 29.6. The molecule has 0 saturated heterocycles. The zero-order valence-electron chi connectivity index (χ0n) is 13.4. The van der Waals surface area contributed by atoms with Gasteiger partial charge in [-0.25, -0.2) is 8.42 Å². The highest BCUT2D eigenvalue weighted by atomic mass is 79.9. The molecule has 2 aromatic carbocycles. The van der Waals surface area contributed by atoms with Crippen LogP contribution in [0.4, 0.5) is 5.69 Å². The minimum atomic E-state index is -3.29. The summed E-state index contributed by atoms with van der Waals surface area (Å²) in [6.07, 6.45) is 1.55. The molecular formula is C18H16BrNO4S. The number of sulfone groups is 1. The van der Waals surface area contributed by atoms with Crippen LogP contribution in [-0.2, 0) is 9.84 Å². The van der Waals surface area contributed by atoms with Crippen molar-refractivity contribution in [3.63, 3.8) is 0 Å². The summed E-state index contributed by atoms with van der Waals surface area (Å²) in [6.45, 7) is 0. The molecule has 0 bridgehead atoms. The standard InChI is InChI=1S/C18H16BrNO4S/c1-24-17-8-2-13(3-9-17)18(21)20(15-6-4-14(19)5-7-15)16-10-11-25(22,23)12-16/h2-11,16H,12H2,1H3/t16-/m0/s1. The second-order valence-corrected chi connectivity index (χ2v) is 8.45. The Hall–Kier alpha value is -2.12. The summed E-state index contributed by atoms with van der Waals surface area (Å²) in [5.41, 5.74) is 1.09. The van der Waals surface area contributed by atoms with Crippen molar-refractivity contribution < 1.29 is 17.9 Å². The number of carbonyl (C=O) groups excluding carboxylic acids is 1. The molecule has 7 heteroatoms. The fourth-order valence-corrected chi connectivity index (χ4v) is 4.19. The summed E-state index contributed by atoms with van der Waals surface area (Å²) in [5.74, 6) is 0.261. The summed E-state index contributed by atoms with van der Waals surface area (Å²) in [6, 6.07) is 13.4. The van der Waals surface area contributed by atoms with Crippen LogP contribution in [0.1, 0.15) is 10.4 Å². The lowest BCUT2D eigenvalue weighted by Crippen LogP contribution is -2.41. The highest BCUT2D eigenvalue weighted by Gasteiger charge is 2.32. The van der Waals surface area contributed by atoms with Gasteiger partial charge in [-0.2, -0.15) is 0 Å². The second-order valence-electron chi connectivity index (χ2n) is 5.61. The molecule has 3 rings (SSSR count). The van der Waals surface area contributed by atoms with E-state index in [1.807, 2.05) is 12.1 Å². The third-order valence-electron chi connectivity index (χ3n) is 3.90. The van der Waals surface area contributed by atoms with Gasteiger partial charge in [0.15, 0.2) is 9.84 Å². The largest absolute Gasteiger partial charge is 0.497 e. The summed E-state index contributed by atoms with van der Waals surface area (Å²) in [7, 11) is -1.73. The molecule has 0 unspecified atom stereocenters. The molecule has 0 aliphatic carbocycles. The van der Waals surface area contributed by atoms with Gasteiger partial charge in [-0.3, -0.25) is 4.79 Å². The number of amides is 1. The Balaban J connectivity index is 1.99. The Kier molecular flexibility index (Phi) is 4.96. The predicted molar refractivity (Wildman–Crippen MR) is 101 cm³/mol. The highest BCUT2D eigenvalue weighted by Crippen LogP contribution is 2.27. The molecule has 1 aliphatic heterocycles. The van der Waals surface area contributed by atoms with Crippen LogP contribution in [0.2, 0.25) is 0 Å². The van der Waals surface area contributed by atoms with Gasteiger partial charge in [-0.15, -0.1) is 0 Å². The van der Waals surface area contributed by atoms with Gasteiger partial charge >= 0.3 is 0 Å². The van der Waals surface area contributed by atoms with Gasteiger partial charge in [0.25, 0.3) is 5.91 Å². The number of carbonyl (C=O) groups is 1. The molecule has 2 aromatic rings. The maximum absolute atomic E-state index is 13.1. The second kappa shape index (κ2) is 7.01. The molecule has 1 amide bonds. The van der Waals surface area contributed by atoms with Gasteiger partial charge in [0, 0.05) is 21.1 Å². The van der Waals surface area contributed by atoms with Crippen LogP contribution in [0.25, 0.3) is 0 Å².